The standard InChI is InChI=1S/C24H23ClF3N3O6S2/c1-15(31(38(3,33)34)18-7-9-19(37-2)10-8-18)23(32)29-16-4-11-20(12-5-16)39(35,36)30-17-6-13-22(25)21(14-17)24(26,27)28/h4-15,30H,1-3H3,(H,29,32)/t15-/m0/s1. The topological polar surface area (TPSA) is 122 Å². The zero-order chi connectivity index (χ0) is 29.2. The molecule has 0 heterocycles. The van der Waals surface area contributed by atoms with E-state index in [1.165, 1.54) is 38.3 Å². The Labute approximate surface area is 228 Å². The second-order valence-electron chi connectivity index (χ2n) is 8.24. The van der Waals surface area contributed by atoms with E-state index in [0.717, 1.165) is 34.8 Å². The lowest BCUT2D eigenvalue weighted by molar-refractivity contribution is -0.137. The number of alkyl halides is 3. The number of methoxy groups -OCH3 is 1. The van der Waals surface area contributed by atoms with E-state index in [-0.39, 0.29) is 22.0 Å². The number of nitrogens with zero attached hydrogens (tertiary/aromatic N) is 1. The first-order chi connectivity index (χ1) is 18.0. The molecule has 0 saturated heterocycles. The fraction of sp³-hybridized carbons (Fsp3) is 0.208. The molecular weight excluding hydrogens is 583 g/mol. The average molecular weight is 606 g/mol. The van der Waals surface area contributed by atoms with Gasteiger partial charge < -0.3 is 10.1 Å². The van der Waals surface area contributed by atoms with Gasteiger partial charge in [0.2, 0.25) is 15.9 Å². The molecule has 1 amide bonds. The summed E-state index contributed by atoms with van der Waals surface area (Å²) in [6.45, 7) is 1.38. The van der Waals surface area contributed by atoms with Crippen molar-refractivity contribution >= 4 is 54.6 Å². The van der Waals surface area contributed by atoms with Crippen LogP contribution >= 0.6 is 11.6 Å². The van der Waals surface area contributed by atoms with E-state index < -0.39 is 48.8 Å². The van der Waals surface area contributed by atoms with Gasteiger partial charge in [0.25, 0.3) is 10.0 Å². The molecule has 0 aromatic heterocycles. The van der Waals surface area contributed by atoms with Crippen LogP contribution in [0.3, 0.4) is 0 Å². The Morgan fingerprint density at radius 1 is 0.949 bits per heavy atom. The molecule has 0 spiro atoms. The normalized spacial score (nSPS) is 12.9. The van der Waals surface area contributed by atoms with Crippen molar-refractivity contribution in [1.82, 2.24) is 0 Å². The van der Waals surface area contributed by atoms with Gasteiger partial charge in [0.15, 0.2) is 0 Å². The Morgan fingerprint density at radius 3 is 2.03 bits per heavy atom. The summed E-state index contributed by atoms with van der Waals surface area (Å²) in [5, 5.41) is 1.94. The number of sulfonamides is 2. The lowest BCUT2D eigenvalue weighted by Gasteiger charge is -2.28. The Kier molecular flexibility index (Phi) is 8.72. The van der Waals surface area contributed by atoms with E-state index in [4.69, 9.17) is 16.3 Å². The van der Waals surface area contributed by atoms with Crippen LogP contribution in [0.2, 0.25) is 5.02 Å². The number of anilines is 3. The van der Waals surface area contributed by atoms with E-state index in [1.54, 1.807) is 12.1 Å². The third kappa shape index (κ3) is 7.34. The smallest absolute Gasteiger partial charge is 0.417 e. The third-order valence-corrected chi connectivity index (χ3v) is 8.34. The van der Waals surface area contributed by atoms with Crippen LogP contribution in [0.5, 0.6) is 5.75 Å². The summed E-state index contributed by atoms with van der Waals surface area (Å²) in [7, 11) is -6.72. The van der Waals surface area contributed by atoms with E-state index in [1.807, 2.05) is 0 Å². The molecule has 1 atom stereocenters. The highest BCUT2D eigenvalue weighted by atomic mass is 35.5. The third-order valence-electron chi connectivity index (χ3n) is 5.37. The Bertz CT molecular complexity index is 1560. The van der Waals surface area contributed by atoms with Crippen LogP contribution in [0.25, 0.3) is 0 Å². The van der Waals surface area contributed by atoms with Gasteiger partial charge >= 0.3 is 6.18 Å². The summed E-state index contributed by atoms with van der Waals surface area (Å²) < 4.78 is 97.6. The van der Waals surface area contributed by atoms with Gasteiger partial charge in [0, 0.05) is 11.4 Å². The molecule has 3 aromatic carbocycles. The predicted octanol–water partition coefficient (Wildman–Crippen LogP) is 4.96. The van der Waals surface area contributed by atoms with Crippen LogP contribution in [0, 0.1) is 0 Å². The van der Waals surface area contributed by atoms with Crippen LogP contribution in [-0.2, 0) is 31.0 Å². The SMILES string of the molecule is COc1ccc(N([C@@H](C)C(=O)Nc2ccc(S(=O)(=O)Nc3ccc(Cl)c(C(F)(F)F)c3)cc2)S(C)(=O)=O)cc1. The van der Waals surface area contributed by atoms with Crippen LogP contribution in [0.1, 0.15) is 12.5 Å². The molecule has 0 aliphatic carbocycles. The maximum absolute atomic E-state index is 13.1. The maximum atomic E-state index is 13.1. The number of hydrogen-bond donors (Lipinski definition) is 2. The predicted molar refractivity (Wildman–Crippen MR) is 142 cm³/mol. The number of benzene rings is 3. The number of amides is 1. The lowest BCUT2D eigenvalue weighted by Crippen LogP contribution is -2.45. The monoisotopic (exact) mass is 605 g/mol. The average Bonchev–Trinajstić information content (AvgIpc) is 2.84. The van der Waals surface area contributed by atoms with Crippen LogP contribution in [-0.4, -0.2) is 42.2 Å². The largest absolute Gasteiger partial charge is 0.497 e. The van der Waals surface area contributed by atoms with E-state index in [0.29, 0.717) is 11.8 Å². The summed E-state index contributed by atoms with van der Waals surface area (Å²) in [4.78, 5) is 12.6. The molecule has 9 nitrogen and oxygen atoms in total. The minimum absolute atomic E-state index is 0.153. The fourth-order valence-electron chi connectivity index (χ4n) is 3.52. The summed E-state index contributed by atoms with van der Waals surface area (Å²) in [6.07, 6.45) is -3.83. The van der Waals surface area contributed by atoms with Gasteiger partial charge in [-0.25, -0.2) is 16.8 Å². The van der Waals surface area contributed by atoms with Crippen molar-refractivity contribution in [2.75, 3.05) is 27.7 Å². The summed E-state index contributed by atoms with van der Waals surface area (Å²) in [6, 6.07) is 12.2. The Morgan fingerprint density at radius 2 is 1.51 bits per heavy atom. The molecule has 0 aliphatic rings. The van der Waals surface area contributed by atoms with E-state index >= 15 is 0 Å². The number of rotatable bonds is 9. The first-order valence-electron chi connectivity index (χ1n) is 11.0. The van der Waals surface area contributed by atoms with Crippen molar-refractivity contribution in [3.63, 3.8) is 0 Å². The van der Waals surface area contributed by atoms with Gasteiger partial charge in [-0.3, -0.25) is 13.8 Å². The van der Waals surface area contributed by atoms with Gasteiger partial charge in [-0.1, -0.05) is 11.6 Å². The van der Waals surface area contributed by atoms with Gasteiger partial charge in [-0.05, 0) is 73.7 Å². The van der Waals surface area contributed by atoms with Crippen molar-refractivity contribution < 1.29 is 39.5 Å². The molecule has 0 radical (unpaired) electrons. The van der Waals surface area contributed by atoms with Crippen molar-refractivity contribution in [3.8, 4) is 5.75 Å². The first kappa shape index (κ1) is 30.1. The second-order valence-corrected chi connectivity index (χ2v) is 12.2. The minimum atomic E-state index is -4.78. The number of hydrogen-bond acceptors (Lipinski definition) is 6. The molecule has 0 unspecified atom stereocenters. The summed E-state index contributed by atoms with van der Waals surface area (Å²) in [5.74, 6) is -0.212. The summed E-state index contributed by atoms with van der Waals surface area (Å²) >= 11 is 5.57. The molecule has 0 aliphatic heterocycles. The molecule has 0 bridgehead atoms. The number of nitrogens with one attached hydrogen (secondary N) is 2. The molecule has 39 heavy (non-hydrogen) atoms. The van der Waals surface area contributed by atoms with Crippen molar-refractivity contribution in [1.29, 1.82) is 0 Å². The highest BCUT2D eigenvalue weighted by Crippen LogP contribution is 2.36. The highest BCUT2D eigenvalue weighted by Gasteiger charge is 2.34. The minimum Gasteiger partial charge on any atom is -0.497 e. The number of ether oxygens (including phenoxy) is 1. The molecule has 15 heteroatoms. The molecule has 210 valence electrons. The fourth-order valence-corrected chi connectivity index (χ4v) is 5.97. The number of halogens is 4. The molecular formula is C24H23ClF3N3O6S2. The lowest BCUT2D eigenvalue weighted by atomic mass is 10.2. The van der Waals surface area contributed by atoms with E-state index in [2.05, 4.69) is 10.0 Å². The molecule has 0 fully saturated rings. The quantitative estimate of drug-likeness (QED) is 0.356. The van der Waals surface area contributed by atoms with Crippen LogP contribution in [0.15, 0.2) is 71.6 Å². The van der Waals surface area contributed by atoms with Crippen molar-refractivity contribution in [2.45, 2.75) is 24.0 Å². The number of carbonyl (C=O) groups excluding carboxylic acids is 1. The van der Waals surface area contributed by atoms with Gasteiger partial charge in [0.1, 0.15) is 11.8 Å². The van der Waals surface area contributed by atoms with Gasteiger partial charge in [0.05, 0.1) is 34.5 Å². The van der Waals surface area contributed by atoms with Crippen molar-refractivity contribution in [3.05, 3.63) is 77.3 Å². The zero-order valence-corrected chi connectivity index (χ0v) is 23.0. The highest BCUT2D eigenvalue weighted by molar-refractivity contribution is 7.92. The molecule has 3 rings (SSSR count). The molecule has 2 N–H and O–H groups in total. The molecule has 0 saturated carbocycles. The van der Waals surface area contributed by atoms with Gasteiger partial charge in [-0.15, -0.1) is 0 Å². The zero-order valence-electron chi connectivity index (χ0n) is 20.7. The van der Waals surface area contributed by atoms with Crippen LogP contribution in [0.4, 0.5) is 30.2 Å². The maximum Gasteiger partial charge on any atom is 0.417 e. The first-order valence-corrected chi connectivity index (χ1v) is 14.7. The van der Waals surface area contributed by atoms with Crippen LogP contribution < -0.4 is 19.1 Å². The van der Waals surface area contributed by atoms with Crippen molar-refractivity contribution in [2.24, 2.45) is 0 Å². The number of carbonyl (C=O) groups is 1. The van der Waals surface area contributed by atoms with E-state index in [9.17, 15) is 34.8 Å². The second kappa shape index (κ2) is 11.3. The van der Waals surface area contributed by atoms with Gasteiger partial charge in [-0.2, -0.15) is 13.2 Å². The Balaban J connectivity index is 1.77. The Hall–Kier alpha value is -3.49. The molecule has 3 aromatic rings. The summed E-state index contributed by atoms with van der Waals surface area (Å²) in [5.41, 5.74) is -1.17.